The Morgan fingerprint density at radius 1 is 1.26 bits per heavy atom. The molecular formula is C15H20N2O2. The highest BCUT2D eigenvalue weighted by Crippen LogP contribution is 2.27. The molecule has 0 saturated carbocycles. The predicted octanol–water partition coefficient (Wildman–Crippen LogP) is 2.24. The maximum atomic E-state index is 11.5. The molecule has 2 fully saturated rings. The highest BCUT2D eigenvalue weighted by molar-refractivity contribution is 5.70. The number of rotatable bonds is 3. The van der Waals surface area contributed by atoms with Gasteiger partial charge in [0, 0.05) is 6.54 Å². The molecule has 0 unspecified atom stereocenters. The number of nitrogens with zero attached hydrogens (tertiary/aromatic N) is 1. The third kappa shape index (κ3) is 2.73. The first-order chi connectivity index (χ1) is 9.22. The lowest BCUT2D eigenvalue weighted by atomic mass is 10.0. The van der Waals surface area contributed by atoms with E-state index in [2.05, 4.69) is 41.4 Å². The van der Waals surface area contributed by atoms with Crippen molar-refractivity contribution in [1.82, 2.24) is 10.2 Å². The van der Waals surface area contributed by atoms with Crippen molar-refractivity contribution in [2.24, 2.45) is 0 Å². The number of aryl methyl sites for hydroxylation is 1. The van der Waals surface area contributed by atoms with Gasteiger partial charge in [-0.05, 0) is 38.4 Å². The molecule has 1 aromatic carbocycles. The van der Waals surface area contributed by atoms with E-state index < -0.39 is 0 Å². The Labute approximate surface area is 113 Å². The molecule has 0 aromatic heterocycles. The number of nitrogens with one attached hydrogen (secondary N) is 1. The normalized spacial score (nSPS) is 27.3. The van der Waals surface area contributed by atoms with Crippen LogP contribution in [0.15, 0.2) is 24.3 Å². The molecule has 2 aliphatic rings. The van der Waals surface area contributed by atoms with Crippen LogP contribution in [0, 0.1) is 6.92 Å². The van der Waals surface area contributed by atoms with E-state index in [0.717, 1.165) is 25.2 Å². The second kappa shape index (κ2) is 5.21. The van der Waals surface area contributed by atoms with Gasteiger partial charge < -0.3 is 15.0 Å². The molecular weight excluding hydrogens is 240 g/mol. The minimum absolute atomic E-state index is 0.0632. The van der Waals surface area contributed by atoms with Gasteiger partial charge in [0.25, 0.3) is 0 Å². The summed E-state index contributed by atoms with van der Waals surface area (Å²) in [7, 11) is 0. The Bertz CT molecular complexity index is 452. The zero-order valence-electron chi connectivity index (χ0n) is 11.3. The molecule has 4 nitrogen and oxygen atoms in total. The van der Waals surface area contributed by atoms with Gasteiger partial charge in [-0.1, -0.05) is 29.8 Å². The Morgan fingerprint density at radius 3 is 2.63 bits per heavy atom. The Morgan fingerprint density at radius 2 is 1.95 bits per heavy atom. The first-order valence-corrected chi connectivity index (χ1v) is 6.98. The Balaban J connectivity index is 1.73. The average Bonchev–Trinajstić information content (AvgIpc) is 3.01. The van der Waals surface area contributed by atoms with Crippen molar-refractivity contribution in [2.45, 2.75) is 31.9 Å². The number of alkyl carbamates (subject to hydrolysis) is 1. The van der Waals surface area contributed by atoms with Gasteiger partial charge in [-0.3, -0.25) is 0 Å². The van der Waals surface area contributed by atoms with Crippen LogP contribution in [0.5, 0.6) is 0 Å². The van der Waals surface area contributed by atoms with Crippen molar-refractivity contribution in [1.29, 1.82) is 0 Å². The number of ether oxygens (including phenoxy) is 1. The minimum atomic E-state index is -0.297. The van der Waals surface area contributed by atoms with Crippen molar-refractivity contribution in [3.05, 3.63) is 35.4 Å². The summed E-state index contributed by atoms with van der Waals surface area (Å²) in [5.41, 5.74) is 2.30. The average molecular weight is 260 g/mol. The molecule has 0 radical (unpaired) electrons. The maximum absolute atomic E-state index is 11.5. The first-order valence-electron chi connectivity index (χ1n) is 6.98. The zero-order valence-corrected chi connectivity index (χ0v) is 11.3. The fourth-order valence-corrected chi connectivity index (χ4v) is 2.90. The monoisotopic (exact) mass is 260 g/mol. The molecule has 2 heterocycles. The van der Waals surface area contributed by atoms with E-state index in [1.807, 2.05) is 0 Å². The van der Waals surface area contributed by atoms with Crippen LogP contribution < -0.4 is 5.32 Å². The smallest absolute Gasteiger partial charge is 0.408 e. The largest absolute Gasteiger partial charge is 0.439 e. The van der Waals surface area contributed by atoms with Gasteiger partial charge in [0.05, 0.1) is 6.04 Å². The lowest BCUT2D eigenvalue weighted by molar-refractivity contribution is 0.126. The topological polar surface area (TPSA) is 41.6 Å². The summed E-state index contributed by atoms with van der Waals surface area (Å²) in [5.74, 6) is 0. The number of likely N-dealkylation sites (tertiary alicyclic amines) is 1. The fourth-order valence-electron chi connectivity index (χ4n) is 2.90. The SMILES string of the molecule is Cc1ccc([C@H]2OC(=O)N[C@@H]2CN2CCCC2)cc1. The molecule has 1 amide bonds. The summed E-state index contributed by atoms with van der Waals surface area (Å²) in [6.45, 7) is 5.20. The lowest BCUT2D eigenvalue weighted by Gasteiger charge is -2.23. The molecule has 2 saturated heterocycles. The zero-order chi connectivity index (χ0) is 13.2. The molecule has 19 heavy (non-hydrogen) atoms. The van der Waals surface area contributed by atoms with Crippen LogP contribution in [0.2, 0.25) is 0 Å². The molecule has 2 atom stereocenters. The van der Waals surface area contributed by atoms with Crippen LogP contribution in [0.4, 0.5) is 4.79 Å². The van der Waals surface area contributed by atoms with Crippen LogP contribution in [0.3, 0.4) is 0 Å². The summed E-state index contributed by atoms with van der Waals surface area (Å²) in [6.07, 6.45) is 2.07. The Kier molecular flexibility index (Phi) is 3.42. The van der Waals surface area contributed by atoms with Crippen LogP contribution in [0.1, 0.15) is 30.1 Å². The second-order valence-corrected chi connectivity index (χ2v) is 5.50. The van der Waals surface area contributed by atoms with E-state index in [0.29, 0.717) is 0 Å². The summed E-state index contributed by atoms with van der Waals surface area (Å²) < 4.78 is 5.43. The molecule has 102 valence electrons. The van der Waals surface area contributed by atoms with Gasteiger partial charge in [-0.25, -0.2) is 4.79 Å². The second-order valence-electron chi connectivity index (χ2n) is 5.50. The van der Waals surface area contributed by atoms with Gasteiger partial charge >= 0.3 is 6.09 Å². The molecule has 0 bridgehead atoms. The summed E-state index contributed by atoms with van der Waals surface area (Å²) in [6, 6.07) is 8.30. The van der Waals surface area contributed by atoms with Crippen molar-refractivity contribution >= 4 is 6.09 Å². The van der Waals surface area contributed by atoms with Crippen LogP contribution >= 0.6 is 0 Å². The van der Waals surface area contributed by atoms with E-state index in [1.54, 1.807) is 0 Å². The molecule has 3 rings (SSSR count). The van der Waals surface area contributed by atoms with E-state index >= 15 is 0 Å². The summed E-state index contributed by atoms with van der Waals surface area (Å²) >= 11 is 0. The van der Waals surface area contributed by atoms with E-state index in [-0.39, 0.29) is 18.2 Å². The maximum Gasteiger partial charge on any atom is 0.408 e. The number of carbonyl (C=O) groups is 1. The first kappa shape index (κ1) is 12.5. The quantitative estimate of drug-likeness (QED) is 0.906. The third-order valence-corrected chi connectivity index (χ3v) is 3.96. The summed E-state index contributed by atoms with van der Waals surface area (Å²) in [5, 5.41) is 2.94. The van der Waals surface area contributed by atoms with Crippen molar-refractivity contribution in [3.63, 3.8) is 0 Å². The Hall–Kier alpha value is -1.55. The van der Waals surface area contributed by atoms with Crippen LogP contribution in [0.25, 0.3) is 0 Å². The van der Waals surface area contributed by atoms with Crippen LogP contribution in [-0.4, -0.2) is 36.7 Å². The standard InChI is InChI=1S/C15H20N2O2/c1-11-4-6-12(7-5-11)14-13(16-15(18)19-14)10-17-8-2-3-9-17/h4-7,13-14H,2-3,8-10H2,1H3,(H,16,18)/t13-,14-/m1/s1. The molecule has 1 N–H and O–H groups in total. The minimum Gasteiger partial charge on any atom is -0.439 e. The lowest BCUT2D eigenvalue weighted by Crippen LogP contribution is -2.39. The number of carbonyl (C=O) groups excluding carboxylic acids is 1. The van der Waals surface area contributed by atoms with Gasteiger partial charge in [0.15, 0.2) is 6.10 Å². The van der Waals surface area contributed by atoms with E-state index in [4.69, 9.17) is 4.74 Å². The van der Waals surface area contributed by atoms with Crippen molar-refractivity contribution in [3.8, 4) is 0 Å². The highest BCUT2D eigenvalue weighted by Gasteiger charge is 2.36. The molecule has 0 aliphatic carbocycles. The predicted molar refractivity (Wildman–Crippen MR) is 73.0 cm³/mol. The third-order valence-electron chi connectivity index (χ3n) is 3.96. The van der Waals surface area contributed by atoms with Crippen molar-refractivity contribution in [2.75, 3.05) is 19.6 Å². The van der Waals surface area contributed by atoms with Crippen LogP contribution in [-0.2, 0) is 4.74 Å². The van der Waals surface area contributed by atoms with E-state index in [1.165, 1.54) is 18.4 Å². The molecule has 0 spiro atoms. The fraction of sp³-hybridized carbons (Fsp3) is 0.533. The molecule has 4 heteroatoms. The number of hydrogen-bond acceptors (Lipinski definition) is 3. The van der Waals surface area contributed by atoms with Gasteiger partial charge in [0.2, 0.25) is 0 Å². The summed E-state index contributed by atoms with van der Waals surface area (Å²) in [4.78, 5) is 13.9. The van der Waals surface area contributed by atoms with Gasteiger partial charge in [0.1, 0.15) is 0 Å². The highest BCUT2D eigenvalue weighted by atomic mass is 16.6. The van der Waals surface area contributed by atoms with Gasteiger partial charge in [-0.15, -0.1) is 0 Å². The molecule has 1 aromatic rings. The van der Waals surface area contributed by atoms with Gasteiger partial charge in [-0.2, -0.15) is 0 Å². The van der Waals surface area contributed by atoms with Crippen molar-refractivity contribution < 1.29 is 9.53 Å². The number of amides is 1. The number of benzene rings is 1. The van der Waals surface area contributed by atoms with E-state index in [9.17, 15) is 4.79 Å². The molecule has 2 aliphatic heterocycles. The number of cyclic esters (lactones) is 1. The number of hydrogen-bond donors (Lipinski definition) is 1.